The maximum Gasteiger partial charge on any atom is 0.240 e. The van der Waals surface area contributed by atoms with Crippen LogP contribution in [0.1, 0.15) is 13.3 Å². The third-order valence-electron chi connectivity index (χ3n) is 2.78. The number of nitrogens with zero attached hydrogens (tertiary/aromatic N) is 2. The lowest BCUT2D eigenvalue weighted by Gasteiger charge is -2.13. The van der Waals surface area contributed by atoms with E-state index in [4.69, 9.17) is 15.1 Å². The molecule has 1 heterocycles. The first-order chi connectivity index (χ1) is 9.47. The van der Waals surface area contributed by atoms with Gasteiger partial charge in [-0.25, -0.2) is 13.6 Å². The number of ether oxygens (including phenoxy) is 1. The van der Waals surface area contributed by atoms with Crippen LogP contribution >= 0.6 is 0 Å². The van der Waals surface area contributed by atoms with Gasteiger partial charge in [0.1, 0.15) is 16.7 Å². The van der Waals surface area contributed by atoms with Crippen LogP contribution in [0.4, 0.5) is 0 Å². The zero-order chi connectivity index (χ0) is 14.8. The third kappa shape index (κ3) is 2.71. The van der Waals surface area contributed by atoms with Crippen LogP contribution in [0.3, 0.4) is 0 Å². The van der Waals surface area contributed by atoms with E-state index in [0.717, 1.165) is 0 Å². The summed E-state index contributed by atoms with van der Waals surface area (Å²) in [6, 6.07) is 8.19. The van der Waals surface area contributed by atoms with Gasteiger partial charge in [-0.05, 0) is 30.7 Å². The normalized spacial score (nSPS) is 12.8. The van der Waals surface area contributed by atoms with Gasteiger partial charge in [-0.3, -0.25) is 4.98 Å². The monoisotopic (exact) mass is 291 g/mol. The predicted octanol–water partition coefficient (Wildman–Crippen LogP) is 1.56. The summed E-state index contributed by atoms with van der Waals surface area (Å²) >= 11 is 0. The van der Waals surface area contributed by atoms with Crippen molar-refractivity contribution in [3.8, 4) is 11.8 Å². The minimum Gasteiger partial charge on any atom is -0.475 e. The zero-order valence-electron chi connectivity index (χ0n) is 10.8. The lowest BCUT2D eigenvalue weighted by molar-refractivity contribution is 0.255. The lowest BCUT2D eigenvalue weighted by Crippen LogP contribution is -2.15. The van der Waals surface area contributed by atoms with E-state index in [1.807, 2.05) is 13.0 Å². The molecule has 6 nitrogen and oxygen atoms in total. The van der Waals surface area contributed by atoms with Gasteiger partial charge in [-0.1, -0.05) is 6.92 Å². The summed E-state index contributed by atoms with van der Waals surface area (Å²) in [5.74, 6) is 0.411. The van der Waals surface area contributed by atoms with Gasteiger partial charge in [0.15, 0.2) is 6.10 Å². The van der Waals surface area contributed by atoms with E-state index < -0.39 is 16.1 Å². The van der Waals surface area contributed by atoms with E-state index in [-0.39, 0.29) is 10.4 Å². The van der Waals surface area contributed by atoms with Crippen LogP contribution in [-0.2, 0) is 10.0 Å². The van der Waals surface area contributed by atoms with Gasteiger partial charge in [-0.15, -0.1) is 0 Å². The Morgan fingerprint density at radius 1 is 1.45 bits per heavy atom. The first-order valence-electron chi connectivity index (χ1n) is 5.94. The molecule has 0 saturated heterocycles. The molecule has 0 fully saturated rings. The topological polar surface area (TPSA) is 106 Å². The minimum absolute atomic E-state index is 0.0644. The van der Waals surface area contributed by atoms with Crippen LogP contribution < -0.4 is 9.88 Å². The highest BCUT2D eigenvalue weighted by atomic mass is 32.2. The van der Waals surface area contributed by atoms with Crippen molar-refractivity contribution in [2.45, 2.75) is 24.3 Å². The number of benzene rings is 1. The molecule has 0 spiro atoms. The van der Waals surface area contributed by atoms with Crippen molar-refractivity contribution in [2.75, 3.05) is 0 Å². The largest absolute Gasteiger partial charge is 0.475 e. The Bertz CT molecular complexity index is 781. The summed E-state index contributed by atoms with van der Waals surface area (Å²) in [5.41, 5.74) is 0.236. The second kappa shape index (κ2) is 5.45. The van der Waals surface area contributed by atoms with E-state index >= 15 is 0 Å². The molecule has 0 amide bonds. The molecule has 1 aromatic carbocycles. The maximum absolute atomic E-state index is 11.5. The second-order valence-corrected chi connectivity index (χ2v) is 5.68. The number of pyridine rings is 1. The van der Waals surface area contributed by atoms with Crippen LogP contribution in [0, 0.1) is 11.3 Å². The molecule has 2 rings (SSSR count). The van der Waals surface area contributed by atoms with Crippen molar-refractivity contribution in [1.29, 1.82) is 5.26 Å². The summed E-state index contributed by atoms with van der Waals surface area (Å²) in [4.78, 5) is 3.98. The third-order valence-corrected chi connectivity index (χ3v) is 3.73. The quantitative estimate of drug-likeness (QED) is 0.920. The molecule has 2 aromatic rings. The zero-order valence-corrected chi connectivity index (χ0v) is 11.6. The van der Waals surface area contributed by atoms with Crippen LogP contribution in [0.2, 0.25) is 0 Å². The molecule has 1 atom stereocenters. The Morgan fingerprint density at radius 2 is 2.20 bits per heavy atom. The first-order valence-corrected chi connectivity index (χ1v) is 7.48. The van der Waals surface area contributed by atoms with Crippen molar-refractivity contribution in [2.24, 2.45) is 5.14 Å². The van der Waals surface area contributed by atoms with Crippen molar-refractivity contribution in [1.82, 2.24) is 4.98 Å². The molecule has 1 aromatic heterocycles. The highest BCUT2D eigenvalue weighted by Gasteiger charge is 2.17. The molecule has 0 radical (unpaired) electrons. The number of fused-ring (bicyclic) bond motifs is 1. The second-order valence-electron chi connectivity index (χ2n) is 4.15. The number of nitrogens with two attached hydrogens (primary N) is 1. The fourth-order valence-corrected chi connectivity index (χ4v) is 2.50. The molecule has 7 heteroatoms. The standard InChI is InChI=1S/C13H13N3O3S/c1-2-9(8-14)19-11-5-6-12(20(15,17)18)13-10(11)4-3-7-16-13/h3-7,9H,2H2,1H3,(H2,15,17,18). The van der Waals surface area contributed by atoms with E-state index in [9.17, 15) is 8.42 Å². The smallest absolute Gasteiger partial charge is 0.240 e. The number of rotatable bonds is 4. The first kappa shape index (κ1) is 14.2. The van der Waals surface area contributed by atoms with Gasteiger partial charge in [-0.2, -0.15) is 5.26 Å². The molecule has 0 saturated carbocycles. The summed E-state index contributed by atoms with van der Waals surface area (Å²) in [6.45, 7) is 1.83. The molecule has 104 valence electrons. The Kier molecular flexibility index (Phi) is 3.88. The van der Waals surface area contributed by atoms with Gasteiger partial charge >= 0.3 is 0 Å². The molecule has 20 heavy (non-hydrogen) atoms. The molecule has 0 aliphatic carbocycles. The van der Waals surface area contributed by atoms with Crippen LogP contribution in [0.15, 0.2) is 35.4 Å². The Hall–Kier alpha value is -2.17. The van der Waals surface area contributed by atoms with Gasteiger partial charge in [0.25, 0.3) is 0 Å². The maximum atomic E-state index is 11.5. The van der Waals surface area contributed by atoms with Crippen molar-refractivity contribution < 1.29 is 13.2 Å². The van der Waals surface area contributed by atoms with Crippen molar-refractivity contribution in [3.05, 3.63) is 30.5 Å². The number of aromatic nitrogens is 1. The van der Waals surface area contributed by atoms with Gasteiger partial charge in [0.05, 0.1) is 5.52 Å². The van der Waals surface area contributed by atoms with Gasteiger partial charge in [0, 0.05) is 11.6 Å². The fraction of sp³-hybridized carbons (Fsp3) is 0.231. The summed E-state index contributed by atoms with van der Waals surface area (Å²) in [7, 11) is -3.87. The predicted molar refractivity (Wildman–Crippen MR) is 73.4 cm³/mol. The molecule has 0 aliphatic rings. The Labute approximate surface area is 116 Å². The minimum atomic E-state index is -3.87. The number of hydrogen-bond acceptors (Lipinski definition) is 5. The SMILES string of the molecule is CCC(C#N)Oc1ccc(S(N)(=O)=O)c2ncccc12. The number of hydrogen-bond donors (Lipinski definition) is 1. The molecule has 1 unspecified atom stereocenters. The number of primary sulfonamides is 1. The fourth-order valence-electron chi connectivity index (χ4n) is 1.81. The number of sulfonamides is 1. The molecule has 0 aliphatic heterocycles. The highest BCUT2D eigenvalue weighted by Crippen LogP contribution is 2.29. The summed E-state index contributed by atoms with van der Waals surface area (Å²) in [5, 5.41) is 14.6. The highest BCUT2D eigenvalue weighted by molar-refractivity contribution is 7.89. The van der Waals surface area contributed by atoms with Gasteiger partial charge < -0.3 is 4.74 Å². The number of nitriles is 1. The van der Waals surface area contributed by atoms with Crippen molar-refractivity contribution >= 4 is 20.9 Å². The van der Waals surface area contributed by atoms with E-state index in [0.29, 0.717) is 17.6 Å². The Morgan fingerprint density at radius 3 is 2.80 bits per heavy atom. The van der Waals surface area contributed by atoms with E-state index in [1.54, 1.807) is 12.1 Å². The van der Waals surface area contributed by atoms with Crippen LogP contribution in [-0.4, -0.2) is 19.5 Å². The summed E-state index contributed by atoms with van der Waals surface area (Å²) in [6.07, 6.45) is 1.40. The Balaban J connectivity index is 2.64. The van der Waals surface area contributed by atoms with E-state index in [1.165, 1.54) is 18.3 Å². The van der Waals surface area contributed by atoms with Crippen molar-refractivity contribution in [3.63, 3.8) is 0 Å². The average Bonchev–Trinajstić information content (AvgIpc) is 2.43. The average molecular weight is 291 g/mol. The van der Waals surface area contributed by atoms with Gasteiger partial charge in [0.2, 0.25) is 10.0 Å². The molecule has 2 N–H and O–H groups in total. The molecule has 0 bridgehead atoms. The molecular weight excluding hydrogens is 278 g/mol. The van der Waals surface area contributed by atoms with E-state index in [2.05, 4.69) is 4.98 Å². The van der Waals surface area contributed by atoms with Crippen LogP contribution in [0.5, 0.6) is 5.75 Å². The van der Waals surface area contributed by atoms with Crippen LogP contribution in [0.25, 0.3) is 10.9 Å². The summed E-state index contributed by atoms with van der Waals surface area (Å²) < 4.78 is 28.6. The molecular formula is C13H13N3O3S. The lowest BCUT2D eigenvalue weighted by atomic mass is 10.2.